The van der Waals surface area contributed by atoms with Gasteiger partial charge < -0.3 is 5.11 Å². The van der Waals surface area contributed by atoms with Gasteiger partial charge in [0.2, 0.25) is 0 Å². The van der Waals surface area contributed by atoms with Gasteiger partial charge in [-0.25, -0.2) is 0 Å². The van der Waals surface area contributed by atoms with Crippen LogP contribution in [0.25, 0.3) is 0 Å². The maximum atomic E-state index is 13.6. The second-order valence-corrected chi connectivity index (χ2v) is 6.51. The van der Waals surface area contributed by atoms with Crippen molar-refractivity contribution in [1.29, 1.82) is 0 Å². The summed E-state index contributed by atoms with van der Waals surface area (Å²) in [5.41, 5.74) is -2.96. The Kier molecular flexibility index (Phi) is 3.76. The molecule has 1 aliphatic carbocycles. The Morgan fingerprint density at radius 1 is 1.41 bits per heavy atom. The molecule has 1 fully saturated rings. The summed E-state index contributed by atoms with van der Waals surface area (Å²) in [6.45, 7) is 0. The number of amides is 1. The predicted octanol–water partition coefficient (Wildman–Crippen LogP) is 3.39. The van der Waals surface area contributed by atoms with Gasteiger partial charge in [-0.2, -0.15) is 23.3 Å². The molecule has 1 aliphatic heterocycles. The summed E-state index contributed by atoms with van der Waals surface area (Å²) in [7, 11) is 0. The van der Waals surface area contributed by atoms with Crippen LogP contribution in [0.3, 0.4) is 0 Å². The molecular weight excluding hydrogens is 317 g/mol. The fourth-order valence-corrected chi connectivity index (χ4v) is 3.75. The van der Waals surface area contributed by atoms with Gasteiger partial charge in [-0.1, -0.05) is 18.9 Å². The number of carbonyl (C=O) groups excluding carboxylic acids is 1. The van der Waals surface area contributed by atoms with Gasteiger partial charge in [-0.3, -0.25) is 4.79 Å². The smallest absolute Gasteiger partial charge is 0.362 e. The van der Waals surface area contributed by atoms with E-state index in [9.17, 15) is 23.1 Å². The molecule has 0 saturated heterocycles. The lowest BCUT2D eigenvalue weighted by Gasteiger charge is -2.36. The van der Waals surface area contributed by atoms with Crippen LogP contribution in [-0.2, 0) is 0 Å². The van der Waals surface area contributed by atoms with E-state index in [1.807, 2.05) is 0 Å². The summed E-state index contributed by atoms with van der Waals surface area (Å²) in [5.74, 6) is -2.07. The molecule has 0 bridgehead atoms. The van der Waals surface area contributed by atoms with E-state index in [0.717, 1.165) is 24.2 Å². The van der Waals surface area contributed by atoms with Gasteiger partial charge in [-0.05, 0) is 30.7 Å². The summed E-state index contributed by atoms with van der Waals surface area (Å²) in [6, 6.07) is 3.00. The van der Waals surface area contributed by atoms with Crippen molar-refractivity contribution in [2.75, 3.05) is 0 Å². The quantitative estimate of drug-likeness (QED) is 0.857. The molecule has 2 atom stereocenters. The normalized spacial score (nSPS) is 29.0. The van der Waals surface area contributed by atoms with Crippen LogP contribution in [0.2, 0.25) is 0 Å². The third-order valence-electron chi connectivity index (χ3n) is 4.21. The largest absolute Gasteiger partial charge is 0.439 e. The first-order valence-electron chi connectivity index (χ1n) is 7.10. The molecule has 0 aromatic carbocycles. The zero-order valence-corrected chi connectivity index (χ0v) is 12.5. The average Bonchev–Trinajstić information content (AvgIpc) is 3.00. The Morgan fingerprint density at radius 2 is 2.18 bits per heavy atom. The minimum atomic E-state index is -4.96. The number of alkyl halides is 3. The summed E-state index contributed by atoms with van der Waals surface area (Å²) >= 11 is 1.03. The standard InChI is InChI=1S/C14H15F3N2O2S/c15-14(16,17)13(21)9-5-2-1-3-6-10(9)18-19(13)12(20)11-7-4-8-22-11/h4,7-9,21H,1-3,5-6H2/t9-,13-/m0/s1. The molecule has 0 radical (unpaired) electrons. The molecule has 1 amide bonds. The maximum absolute atomic E-state index is 13.6. The molecule has 1 N–H and O–H groups in total. The maximum Gasteiger partial charge on any atom is 0.439 e. The monoisotopic (exact) mass is 332 g/mol. The van der Waals surface area contributed by atoms with Crippen molar-refractivity contribution in [2.24, 2.45) is 11.0 Å². The molecule has 3 rings (SSSR count). The molecule has 1 aromatic heterocycles. The molecular formula is C14H15F3N2O2S. The number of hydrogen-bond acceptors (Lipinski definition) is 4. The van der Waals surface area contributed by atoms with E-state index in [2.05, 4.69) is 5.10 Å². The van der Waals surface area contributed by atoms with Crippen molar-refractivity contribution < 1.29 is 23.1 Å². The molecule has 4 nitrogen and oxygen atoms in total. The van der Waals surface area contributed by atoms with Crippen molar-refractivity contribution in [2.45, 2.75) is 44.0 Å². The van der Waals surface area contributed by atoms with Crippen LogP contribution < -0.4 is 0 Å². The van der Waals surface area contributed by atoms with Gasteiger partial charge >= 0.3 is 6.18 Å². The van der Waals surface area contributed by atoms with E-state index < -0.39 is 23.7 Å². The zero-order chi connectivity index (χ0) is 16.0. The van der Waals surface area contributed by atoms with Gasteiger partial charge in [0.1, 0.15) is 0 Å². The second-order valence-electron chi connectivity index (χ2n) is 5.56. The second kappa shape index (κ2) is 5.34. The third kappa shape index (κ3) is 2.25. The number of aliphatic hydroxyl groups is 1. The molecule has 22 heavy (non-hydrogen) atoms. The zero-order valence-electron chi connectivity index (χ0n) is 11.6. The van der Waals surface area contributed by atoms with Gasteiger partial charge in [0.15, 0.2) is 0 Å². The van der Waals surface area contributed by atoms with Gasteiger partial charge in [-0.15, -0.1) is 11.3 Å². The first-order chi connectivity index (χ1) is 10.4. The van der Waals surface area contributed by atoms with Gasteiger partial charge in [0.05, 0.1) is 10.8 Å². The topological polar surface area (TPSA) is 52.9 Å². The molecule has 0 spiro atoms. The lowest BCUT2D eigenvalue weighted by molar-refractivity contribution is -0.312. The number of nitrogens with zero attached hydrogens (tertiary/aromatic N) is 2. The highest BCUT2D eigenvalue weighted by Gasteiger charge is 2.68. The molecule has 1 saturated carbocycles. The molecule has 0 unspecified atom stereocenters. The highest BCUT2D eigenvalue weighted by atomic mass is 32.1. The number of rotatable bonds is 1. The molecule has 2 heterocycles. The van der Waals surface area contributed by atoms with Crippen molar-refractivity contribution in [3.63, 3.8) is 0 Å². The van der Waals surface area contributed by atoms with Crippen LogP contribution in [-0.4, -0.2) is 33.6 Å². The Balaban J connectivity index is 2.04. The average molecular weight is 332 g/mol. The summed E-state index contributed by atoms with van der Waals surface area (Å²) in [4.78, 5) is 12.5. The lowest BCUT2D eigenvalue weighted by atomic mass is 9.87. The highest BCUT2D eigenvalue weighted by Crippen LogP contribution is 2.48. The van der Waals surface area contributed by atoms with E-state index in [-0.39, 0.29) is 22.0 Å². The Morgan fingerprint density at radius 3 is 2.82 bits per heavy atom. The third-order valence-corrected chi connectivity index (χ3v) is 5.06. The summed E-state index contributed by atoms with van der Waals surface area (Å²) < 4.78 is 40.8. The van der Waals surface area contributed by atoms with E-state index in [4.69, 9.17) is 0 Å². The fourth-order valence-electron chi connectivity index (χ4n) is 3.10. The lowest BCUT2D eigenvalue weighted by Crippen LogP contribution is -2.61. The molecule has 2 aliphatic rings. The fraction of sp³-hybridized carbons (Fsp3) is 0.571. The van der Waals surface area contributed by atoms with E-state index in [0.29, 0.717) is 12.8 Å². The van der Waals surface area contributed by atoms with Crippen LogP contribution in [0.1, 0.15) is 41.8 Å². The van der Waals surface area contributed by atoms with Crippen LogP contribution >= 0.6 is 11.3 Å². The Bertz CT molecular complexity index is 600. The minimum Gasteiger partial charge on any atom is -0.362 e. The Labute approximate surface area is 129 Å². The molecule has 8 heteroatoms. The van der Waals surface area contributed by atoms with Crippen molar-refractivity contribution in [3.8, 4) is 0 Å². The van der Waals surface area contributed by atoms with Crippen LogP contribution in [0.5, 0.6) is 0 Å². The Hall–Kier alpha value is -1.41. The first-order valence-corrected chi connectivity index (χ1v) is 7.98. The van der Waals surface area contributed by atoms with Crippen molar-refractivity contribution >= 4 is 23.0 Å². The van der Waals surface area contributed by atoms with E-state index in [1.54, 1.807) is 11.4 Å². The first kappa shape index (κ1) is 15.5. The molecule has 120 valence electrons. The predicted molar refractivity (Wildman–Crippen MR) is 75.5 cm³/mol. The number of hydrazone groups is 1. The van der Waals surface area contributed by atoms with Crippen LogP contribution in [0.15, 0.2) is 22.6 Å². The number of fused-ring (bicyclic) bond motifs is 1. The van der Waals surface area contributed by atoms with Crippen LogP contribution in [0.4, 0.5) is 13.2 Å². The number of hydrogen-bond donors (Lipinski definition) is 1. The minimum absolute atomic E-state index is 0.128. The van der Waals surface area contributed by atoms with Crippen molar-refractivity contribution in [3.05, 3.63) is 22.4 Å². The van der Waals surface area contributed by atoms with Crippen molar-refractivity contribution in [1.82, 2.24) is 5.01 Å². The highest BCUT2D eigenvalue weighted by molar-refractivity contribution is 7.12. The molecule has 1 aromatic rings. The summed E-state index contributed by atoms with van der Waals surface area (Å²) in [6.07, 6.45) is -2.27. The van der Waals surface area contributed by atoms with E-state index >= 15 is 0 Å². The SMILES string of the molecule is O=C(c1cccs1)N1N=C2CCCCC[C@@H]2[C@]1(O)C(F)(F)F. The number of thiophene rings is 1. The summed E-state index contributed by atoms with van der Waals surface area (Å²) in [5, 5.41) is 16.2. The van der Waals surface area contributed by atoms with Gasteiger partial charge in [0, 0.05) is 5.71 Å². The van der Waals surface area contributed by atoms with E-state index in [1.165, 1.54) is 6.07 Å². The van der Waals surface area contributed by atoms with Gasteiger partial charge in [0.25, 0.3) is 11.6 Å². The number of halogens is 3. The van der Waals surface area contributed by atoms with Crippen LogP contribution in [0, 0.1) is 5.92 Å². The number of carbonyl (C=O) groups is 1.